The summed E-state index contributed by atoms with van der Waals surface area (Å²) in [6.07, 6.45) is 11.7. The number of aromatic nitrogens is 5. The molecule has 6 rings (SSSR count). The minimum Gasteiger partial charge on any atom is -0.490 e. The van der Waals surface area contributed by atoms with Crippen molar-refractivity contribution in [3.05, 3.63) is 60.3 Å². The van der Waals surface area contributed by atoms with Crippen LogP contribution in [0.1, 0.15) is 43.2 Å². The van der Waals surface area contributed by atoms with Gasteiger partial charge in [0, 0.05) is 63.7 Å². The zero-order chi connectivity index (χ0) is 33.9. The van der Waals surface area contributed by atoms with E-state index in [0.29, 0.717) is 24.8 Å². The van der Waals surface area contributed by atoms with Crippen molar-refractivity contribution in [2.45, 2.75) is 88.7 Å². The number of nitriles is 2. The van der Waals surface area contributed by atoms with Crippen LogP contribution >= 0.6 is 0 Å². The summed E-state index contributed by atoms with van der Waals surface area (Å²) < 4.78 is 16.4. The first-order valence-corrected chi connectivity index (χ1v) is 20.7. The number of rotatable bonds is 13. The Morgan fingerprint density at radius 3 is 2.58 bits per heavy atom. The summed E-state index contributed by atoms with van der Waals surface area (Å²) in [5.41, 5.74) is 3.99. The monoisotopic (exact) mass is 665 g/mol. The maximum absolute atomic E-state index is 9.83. The molecule has 1 saturated heterocycles. The van der Waals surface area contributed by atoms with Crippen molar-refractivity contribution in [3.8, 4) is 29.1 Å². The quantitative estimate of drug-likeness (QED) is 0.128. The van der Waals surface area contributed by atoms with Crippen LogP contribution in [0, 0.1) is 22.7 Å². The van der Waals surface area contributed by atoms with Crippen LogP contribution in [0.25, 0.3) is 22.3 Å². The van der Waals surface area contributed by atoms with Crippen LogP contribution < -0.4 is 4.74 Å². The number of hydrogen-bond acceptors (Lipinski definition) is 9. The predicted molar refractivity (Wildman–Crippen MR) is 188 cm³/mol. The molecule has 3 aromatic heterocycles. The molecule has 0 atom stereocenters. The number of nitrogens with zero attached hydrogens (tertiary/aromatic N) is 9. The molecule has 1 aliphatic carbocycles. The van der Waals surface area contributed by atoms with Crippen molar-refractivity contribution in [3.63, 3.8) is 0 Å². The second-order valence-corrected chi connectivity index (χ2v) is 20.6. The molecular weight excluding hydrogens is 619 g/mol. The van der Waals surface area contributed by atoms with E-state index < -0.39 is 8.07 Å². The SMILES string of the molecule is CN(C)Cc1cc(C#N)cc(OC2CCN([C@H]3C[C@](CC#N)(n4cc(-c5ncnc6c5ccn6COCC[Si](C)(C)C)cn4)C3)CC2)c1. The standard InChI is InChI=1S/C36H47N9O2Si/c1-42(2)23-28-16-27(21-38)17-32(18-28)47-31-6-11-43(12-7-31)30-19-36(20-30,9-10-37)45-24-29(22-41-45)34-33-8-13-44(35(33)40-25-39-34)26-46-14-15-48(3,4)5/h8,13,16-18,22,24-25,30-31H,6-7,9,11-12,14-15,19-20,23,26H2,1-5H3/t30-,36-. The molecular formula is C36H47N9O2Si. The smallest absolute Gasteiger partial charge is 0.145 e. The van der Waals surface area contributed by atoms with Gasteiger partial charge in [-0.3, -0.25) is 9.58 Å². The summed E-state index contributed by atoms with van der Waals surface area (Å²) in [6, 6.07) is 14.1. The Morgan fingerprint density at radius 2 is 1.88 bits per heavy atom. The molecule has 0 amide bonds. The second kappa shape index (κ2) is 14.2. The Labute approximate surface area is 284 Å². The van der Waals surface area contributed by atoms with Gasteiger partial charge in [0.1, 0.15) is 30.6 Å². The van der Waals surface area contributed by atoms with E-state index in [1.165, 1.54) is 0 Å². The Morgan fingerprint density at radius 1 is 1.08 bits per heavy atom. The fourth-order valence-electron chi connectivity index (χ4n) is 7.02. The highest BCUT2D eigenvalue weighted by atomic mass is 28.3. The maximum Gasteiger partial charge on any atom is 0.145 e. The number of benzene rings is 1. The van der Waals surface area contributed by atoms with Crippen LogP contribution in [-0.2, 0) is 23.6 Å². The van der Waals surface area contributed by atoms with E-state index in [2.05, 4.69) is 63.8 Å². The molecule has 1 aliphatic heterocycles. The van der Waals surface area contributed by atoms with E-state index in [1.54, 1.807) is 6.33 Å². The lowest BCUT2D eigenvalue weighted by molar-refractivity contribution is -0.0207. The van der Waals surface area contributed by atoms with Gasteiger partial charge >= 0.3 is 0 Å². The Balaban J connectivity index is 1.07. The van der Waals surface area contributed by atoms with Crippen LogP contribution in [0.5, 0.6) is 5.75 Å². The molecule has 0 N–H and O–H groups in total. The molecule has 1 aromatic carbocycles. The summed E-state index contributed by atoms with van der Waals surface area (Å²) in [5, 5.41) is 25.1. The summed E-state index contributed by atoms with van der Waals surface area (Å²) in [7, 11) is 2.89. The molecule has 1 saturated carbocycles. The number of ether oxygens (including phenoxy) is 2. The van der Waals surface area contributed by atoms with E-state index in [9.17, 15) is 10.5 Å². The first-order valence-electron chi connectivity index (χ1n) is 17.0. The predicted octanol–water partition coefficient (Wildman–Crippen LogP) is 5.86. The lowest BCUT2D eigenvalue weighted by atomic mass is 9.69. The van der Waals surface area contributed by atoms with Crippen LogP contribution in [0.15, 0.2) is 49.2 Å². The highest BCUT2D eigenvalue weighted by Crippen LogP contribution is 2.45. The second-order valence-electron chi connectivity index (χ2n) is 15.0. The maximum atomic E-state index is 9.83. The molecule has 0 spiro atoms. The van der Waals surface area contributed by atoms with Gasteiger partial charge in [-0.2, -0.15) is 15.6 Å². The zero-order valence-electron chi connectivity index (χ0n) is 28.9. The van der Waals surface area contributed by atoms with Gasteiger partial charge in [0.15, 0.2) is 0 Å². The first kappa shape index (κ1) is 33.8. The fraction of sp³-hybridized carbons (Fsp3) is 0.528. The molecule has 0 unspecified atom stereocenters. The van der Waals surface area contributed by atoms with Gasteiger partial charge in [-0.15, -0.1) is 0 Å². The third kappa shape index (κ3) is 7.63. The zero-order valence-corrected chi connectivity index (χ0v) is 29.9. The van der Waals surface area contributed by atoms with E-state index in [4.69, 9.17) is 14.6 Å². The van der Waals surface area contributed by atoms with Crippen LogP contribution in [0.4, 0.5) is 0 Å². The van der Waals surface area contributed by atoms with Crippen LogP contribution in [0.3, 0.4) is 0 Å². The Bertz CT molecular complexity index is 1800. The molecule has 4 aromatic rings. The van der Waals surface area contributed by atoms with Gasteiger partial charge < -0.3 is 18.9 Å². The van der Waals surface area contributed by atoms with Gasteiger partial charge in [-0.25, -0.2) is 9.97 Å². The van der Waals surface area contributed by atoms with Crippen molar-refractivity contribution in [2.24, 2.45) is 0 Å². The minimum atomic E-state index is -1.15. The fourth-order valence-corrected chi connectivity index (χ4v) is 7.78. The van der Waals surface area contributed by atoms with E-state index in [1.807, 2.05) is 53.9 Å². The van der Waals surface area contributed by atoms with Crippen molar-refractivity contribution in [1.82, 2.24) is 34.1 Å². The van der Waals surface area contributed by atoms with E-state index in [-0.39, 0.29) is 11.6 Å². The summed E-state index contributed by atoms with van der Waals surface area (Å²) in [5.74, 6) is 0.777. The third-order valence-corrected chi connectivity index (χ3v) is 11.4. The van der Waals surface area contributed by atoms with Gasteiger partial charge in [0.2, 0.25) is 0 Å². The molecule has 252 valence electrons. The topological polar surface area (TPSA) is 121 Å². The number of piperidine rings is 1. The number of hydrogen-bond donors (Lipinski definition) is 0. The van der Waals surface area contributed by atoms with Gasteiger partial charge in [-0.05, 0) is 75.7 Å². The molecule has 0 radical (unpaired) electrons. The molecule has 4 heterocycles. The van der Waals surface area contributed by atoms with Crippen LogP contribution in [0.2, 0.25) is 25.7 Å². The van der Waals surface area contributed by atoms with E-state index in [0.717, 1.165) is 91.6 Å². The van der Waals surface area contributed by atoms with Crippen molar-refractivity contribution >= 4 is 19.1 Å². The van der Waals surface area contributed by atoms with Crippen molar-refractivity contribution in [2.75, 3.05) is 33.8 Å². The average molecular weight is 666 g/mol. The first-order chi connectivity index (χ1) is 23.1. The lowest BCUT2D eigenvalue weighted by Crippen LogP contribution is -2.58. The highest BCUT2D eigenvalue weighted by molar-refractivity contribution is 6.76. The van der Waals surface area contributed by atoms with Gasteiger partial charge in [0.25, 0.3) is 0 Å². The molecule has 12 heteroatoms. The van der Waals surface area contributed by atoms with Crippen LogP contribution in [-0.4, -0.2) is 88.1 Å². The highest BCUT2D eigenvalue weighted by Gasteiger charge is 2.49. The largest absolute Gasteiger partial charge is 0.490 e. The lowest BCUT2D eigenvalue weighted by Gasteiger charge is -2.52. The average Bonchev–Trinajstić information content (AvgIpc) is 3.69. The van der Waals surface area contributed by atoms with Crippen molar-refractivity contribution < 1.29 is 9.47 Å². The molecule has 2 aliphatic rings. The minimum absolute atomic E-state index is 0.122. The van der Waals surface area contributed by atoms with Gasteiger partial charge in [-0.1, -0.05) is 19.6 Å². The Kier molecular flexibility index (Phi) is 10.00. The summed E-state index contributed by atoms with van der Waals surface area (Å²) >= 11 is 0. The Hall–Kier alpha value is -4.07. The number of fused-ring (bicyclic) bond motifs is 1. The molecule has 0 bridgehead atoms. The van der Waals surface area contributed by atoms with Gasteiger partial charge in [0.05, 0.1) is 41.6 Å². The molecule has 2 fully saturated rings. The third-order valence-electron chi connectivity index (χ3n) is 9.65. The molecule has 11 nitrogen and oxygen atoms in total. The summed E-state index contributed by atoms with van der Waals surface area (Å²) in [6.45, 7) is 10.9. The summed E-state index contributed by atoms with van der Waals surface area (Å²) in [4.78, 5) is 13.8. The van der Waals surface area contributed by atoms with E-state index >= 15 is 0 Å². The van der Waals surface area contributed by atoms with Crippen molar-refractivity contribution in [1.29, 1.82) is 10.5 Å². The normalized spacial score (nSPS) is 20.5. The number of likely N-dealkylation sites (tertiary alicyclic amines) is 1. The molecule has 48 heavy (non-hydrogen) atoms.